The van der Waals surface area contributed by atoms with Gasteiger partial charge in [-0.2, -0.15) is 0 Å². The van der Waals surface area contributed by atoms with Crippen molar-refractivity contribution >= 4 is 28.7 Å². The summed E-state index contributed by atoms with van der Waals surface area (Å²) >= 11 is 0. The maximum Gasteiger partial charge on any atom is 0.329 e. The Labute approximate surface area is 152 Å². The molecule has 0 saturated carbocycles. The molecule has 0 radical (unpaired) electrons. The number of nitrogens with one attached hydrogen (secondary N) is 1. The van der Waals surface area contributed by atoms with E-state index in [1.165, 1.54) is 4.57 Å². The predicted octanol–water partition coefficient (Wildman–Crippen LogP) is 0.460. The number of nitrogen functional groups attached to an aromatic ring is 1. The number of fused-ring (bicyclic) bond motifs is 2. The standard InChI is InChI=1S/C18H17N5O4/c1-3-21-11-6-5-9(7-12(11)22(4-2)18(21)27)23-13(24)8-10-14(15(23)19)17(26)20-16(10)25/h5-8H,3-4,19H2,1-2H3,(H,20,25,26). The van der Waals surface area contributed by atoms with Gasteiger partial charge in [0.25, 0.3) is 17.4 Å². The first-order valence-corrected chi connectivity index (χ1v) is 8.53. The number of carbonyl (C=O) groups excluding carboxylic acids is 2. The Morgan fingerprint density at radius 1 is 0.926 bits per heavy atom. The van der Waals surface area contributed by atoms with E-state index in [-0.39, 0.29) is 22.6 Å². The van der Waals surface area contributed by atoms with Crippen molar-refractivity contribution in [3.05, 3.63) is 56.2 Å². The van der Waals surface area contributed by atoms with Crippen LogP contribution in [0.5, 0.6) is 0 Å². The molecule has 4 rings (SSSR count). The molecule has 0 fully saturated rings. The van der Waals surface area contributed by atoms with Crippen LogP contribution in [0.1, 0.15) is 34.6 Å². The highest BCUT2D eigenvalue weighted by Gasteiger charge is 2.31. The van der Waals surface area contributed by atoms with Crippen LogP contribution in [0.25, 0.3) is 16.7 Å². The summed E-state index contributed by atoms with van der Waals surface area (Å²) in [7, 11) is 0. The van der Waals surface area contributed by atoms with E-state index in [1.807, 2.05) is 13.8 Å². The molecule has 9 heteroatoms. The lowest BCUT2D eigenvalue weighted by Gasteiger charge is -2.12. The Morgan fingerprint density at radius 2 is 1.59 bits per heavy atom. The van der Waals surface area contributed by atoms with Crippen molar-refractivity contribution in [2.75, 3.05) is 5.73 Å². The molecule has 0 unspecified atom stereocenters. The fraction of sp³-hybridized carbons (Fsp3) is 0.222. The Bertz CT molecular complexity index is 1260. The lowest BCUT2D eigenvalue weighted by atomic mass is 10.1. The number of benzene rings is 1. The van der Waals surface area contributed by atoms with E-state index in [0.29, 0.717) is 24.3 Å². The smallest absolute Gasteiger partial charge is 0.329 e. The molecule has 1 aromatic carbocycles. The minimum atomic E-state index is -0.638. The van der Waals surface area contributed by atoms with Gasteiger partial charge in [0.2, 0.25) is 0 Å². The molecule has 0 atom stereocenters. The largest absolute Gasteiger partial charge is 0.384 e. The van der Waals surface area contributed by atoms with Crippen molar-refractivity contribution in [1.29, 1.82) is 0 Å². The maximum atomic E-state index is 12.6. The maximum absolute atomic E-state index is 12.6. The van der Waals surface area contributed by atoms with Crippen LogP contribution in [0.4, 0.5) is 5.82 Å². The minimum absolute atomic E-state index is 0.0151. The van der Waals surface area contributed by atoms with Gasteiger partial charge < -0.3 is 5.73 Å². The number of nitrogens with zero attached hydrogens (tertiary/aromatic N) is 3. The average Bonchev–Trinajstić information content (AvgIpc) is 3.06. The third kappa shape index (κ3) is 2.17. The van der Waals surface area contributed by atoms with Gasteiger partial charge in [0, 0.05) is 19.2 Å². The van der Waals surface area contributed by atoms with Crippen LogP contribution >= 0.6 is 0 Å². The average molecular weight is 367 g/mol. The molecule has 3 N–H and O–H groups in total. The third-order valence-corrected chi connectivity index (χ3v) is 4.85. The second-order valence-corrected chi connectivity index (χ2v) is 6.22. The first kappa shape index (κ1) is 16.8. The van der Waals surface area contributed by atoms with Gasteiger partial charge in [-0.05, 0) is 32.0 Å². The van der Waals surface area contributed by atoms with Crippen LogP contribution in [0.15, 0.2) is 33.9 Å². The fourth-order valence-corrected chi connectivity index (χ4v) is 3.60. The Kier molecular flexibility index (Phi) is 3.55. The number of nitrogens with two attached hydrogens (primary N) is 1. The fourth-order valence-electron chi connectivity index (χ4n) is 3.60. The molecule has 0 aliphatic carbocycles. The first-order chi connectivity index (χ1) is 12.9. The Balaban J connectivity index is 2.03. The van der Waals surface area contributed by atoms with Crippen LogP contribution in [0, 0.1) is 0 Å². The van der Waals surface area contributed by atoms with Crippen molar-refractivity contribution in [3.63, 3.8) is 0 Å². The van der Waals surface area contributed by atoms with E-state index in [9.17, 15) is 19.2 Å². The van der Waals surface area contributed by atoms with Gasteiger partial charge in [0.1, 0.15) is 5.82 Å². The van der Waals surface area contributed by atoms with Gasteiger partial charge in [-0.25, -0.2) is 4.79 Å². The summed E-state index contributed by atoms with van der Waals surface area (Å²) in [6.07, 6.45) is 0. The van der Waals surface area contributed by atoms with Crippen molar-refractivity contribution in [1.82, 2.24) is 19.0 Å². The summed E-state index contributed by atoms with van der Waals surface area (Å²) in [5.74, 6) is -1.38. The van der Waals surface area contributed by atoms with Gasteiger partial charge in [0.15, 0.2) is 0 Å². The summed E-state index contributed by atoms with van der Waals surface area (Å²) < 4.78 is 4.42. The number of carbonyl (C=O) groups is 2. The summed E-state index contributed by atoms with van der Waals surface area (Å²) in [6.45, 7) is 4.73. The summed E-state index contributed by atoms with van der Waals surface area (Å²) in [5, 5.41) is 2.14. The molecule has 0 saturated heterocycles. The van der Waals surface area contributed by atoms with E-state index in [2.05, 4.69) is 5.32 Å². The molecule has 1 aliphatic heterocycles. The predicted molar refractivity (Wildman–Crippen MR) is 99.4 cm³/mol. The number of rotatable bonds is 3. The number of imidazole rings is 1. The van der Waals surface area contributed by atoms with Gasteiger partial charge in [-0.3, -0.25) is 33.4 Å². The van der Waals surface area contributed by atoms with Crippen LogP contribution in [0.2, 0.25) is 0 Å². The van der Waals surface area contributed by atoms with Crippen molar-refractivity contribution in [2.45, 2.75) is 26.9 Å². The molecule has 0 bridgehead atoms. The van der Waals surface area contributed by atoms with E-state index in [4.69, 9.17) is 5.73 Å². The van der Waals surface area contributed by atoms with E-state index < -0.39 is 17.4 Å². The molecule has 3 aromatic rings. The van der Waals surface area contributed by atoms with Gasteiger partial charge in [-0.15, -0.1) is 0 Å². The van der Waals surface area contributed by atoms with Crippen LogP contribution in [-0.2, 0) is 13.1 Å². The second kappa shape index (κ2) is 5.70. The number of hydrogen-bond donors (Lipinski definition) is 2. The topological polar surface area (TPSA) is 121 Å². The number of hydrogen-bond acceptors (Lipinski definition) is 5. The Hall–Kier alpha value is -3.62. The van der Waals surface area contributed by atoms with E-state index in [0.717, 1.165) is 11.6 Å². The number of aromatic nitrogens is 3. The quantitative estimate of drug-likeness (QED) is 0.652. The monoisotopic (exact) mass is 367 g/mol. The molecular formula is C18H17N5O4. The summed E-state index contributed by atoms with van der Waals surface area (Å²) in [5.41, 5.74) is 7.18. The molecular weight excluding hydrogens is 350 g/mol. The zero-order valence-corrected chi connectivity index (χ0v) is 14.8. The zero-order chi connectivity index (χ0) is 19.5. The molecule has 9 nitrogen and oxygen atoms in total. The second-order valence-electron chi connectivity index (χ2n) is 6.22. The molecule has 138 valence electrons. The summed E-state index contributed by atoms with van der Waals surface area (Å²) in [6, 6.07) is 6.18. The normalized spacial score (nSPS) is 13.3. The van der Waals surface area contributed by atoms with Gasteiger partial charge >= 0.3 is 5.69 Å². The van der Waals surface area contributed by atoms with Crippen LogP contribution < -0.4 is 22.3 Å². The van der Waals surface area contributed by atoms with Gasteiger partial charge in [-0.1, -0.05) is 0 Å². The number of aryl methyl sites for hydroxylation is 2. The van der Waals surface area contributed by atoms with Crippen molar-refractivity contribution in [2.24, 2.45) is 0 Å². The lowest BCUT2D eigenvalue weighted by molar-refractivity contribution is 0.0880. The molecule has 0 spiro atoms. The third-order valence-electron chi connectivity index (χ3n) is 4.85. The Morgan fingerprint density at radius 3 is 2.26 bits per heavy atom. The SMILES string of the molecule is CCn1c(=O)n(CC)c2cc(-n3c(N)c4c(cc3=O)C(=O)NC4=O)ccc21. The van der Waals surface area contributed by atoms with E-state index in [1.54, 1.807) is 27.3 Å². The molecule has 27 heavy (non-hydrogen) atoms. The highest BCUT2D eigenvalue weighted by atomic mass is 16.2. The molecule has 2 amide bonds. The number of amides is 2. The van der Waals surface area contributed by atoms with Crippen molar-refractivity contribution < 1.29 is 9.59 Å². The highest BCUT2D eigenvalue weighted by Crippen LogP contribution is 2.24. The molecule has 3 heterocycles. The summed E-state index contributed by atoms with van der Waals surface area (Å²) in [4.78, 5) is 48.9. The van der Waals surface area contributed by atoms with Crippen LogP contribution in [-0.4, -0.2) is 25.5 Å². The zero-order valence-electron chi connectivity index (χ0n) is 14.8. The number of imide groups is 1. The first-order valence-electron chi connectivity index (χ1n) is 8.53. The van der Waals surface area contributed by atoms with E-state index >= 15 is 0 Å². The molecule has 2 aromatic heterocycles. The van der Waals surface area contributed by atoms with Crippen molar-refractivity contribution in [3.8, 4) is 5.69 Å². The minimum Gasteiger partial charge on any atom is -0.384 e. The number of anilines is 1. The van der Waals surface area contributed by atoms with Crippen LogP contribution in [0.3, 0.4) is 0 Å². The molecule has 1 aliphatic rings. The highest BCUT2D eigenvalue weighted by molar-refractivity contribution is 6.23. The lowest BCUT2D eigenvalue weighted by Crippen LogP contribution is -2.24. The van der Waals surface area contributed by atoms with Gasteiger partial charge in [0.05, 0.1) is 27.8 Å². The number of pyridine rings is 1.